The number of piperazine rings is 1. The zero-order valence-corrected chi connectivity index (χ0v) is 16.6. The van der Waals surface area contributed by atoms with E-state index in [9.17, 15) is 4.39 Å². The van der Waals surface area contributed by atoms with Crippen molar-refractivity contribution in [2.75, 3.05) is 26.2 Å². The first-order valence-corrected chi connectivity index (χ1v) is 9.84. The van der Waals surface area contributed by atoms with Gasteiger partial charge in [-0.2, -0.15) is 4.98 Å². The van der Waals surface area contributed by atoms with Gasteiger partial charge >= 0.3 is 0 Å². The Morgan fingerprint density at radius 1 is 1.00 bits per heavy atom. The second kappa shape index (κ2) is 9.15. The normalized spacial score (nSPS) is 15.5. The summed E-state index contributed by atoms with van der Waals surface area (Å²) in [5.41, 5.74) is 2.66. The maximum atomic E-state index is 12.9. The van der Waals surface area contributed by atoms with Crippen molar-refractivity contribution in [2.24, 2.45) is 0 Å². The molecular weight excluding hydrogens is 371 g/mol. The SMILES string of the molecule is Cc1cccc(CN2CCN(Cc3nc(COc4ccc(F)cc4)no3)CC2)c1. The first-order valence-electron chi connectivity index (χ1n) is 9.84. The lowest BCUT2D eigenvalue weighted by molar-refractivity contribution is 0.112. The molecule has 29 heavy (non-hydrogen) atoms. The lowest BCUT2D eigenvalue weighted by Crippen LogP contribution is -2.45. The Bertz CT molecular complexity index is 921. The van der Waals surface area contributed by atoms with Crippen LogP contribution in [0.5, 0.6) is 5.75 Å². The van der Waals surface area contributed by atoms with Crippen LogP contribution in [0.15, 0.2) is 53.1 Å². The van der Waals surface area contributed by atoms with Gasteiger partial charge in [0.1, 0.15) is 11.6 Å². The molecule has 0 spiro atoms. The summed E-state index contributed by atoms with van der Waals surface area (Å²) in [6, 6.07) is 14.6. The van der Waals surface area contributed by atoms with E-state index in [-0.39, 0.29) is 12.4 Å². The zero-order valence-electron chi connectivity index (χ0n) is 16.6. The van der Waals surface area contributed by atoms with Crippen LogP contribution in [-0.2, 0) is 19.7 Å². The molecule has 0 radical (unpaired) electrons. The Hall–Kier alpha value is -2.77. The number of aryl methyl sites for hydroxylation is 1. The van der Waals surface area contributed by atoms with Gasteiger partial charge in [0, 0.05) is 32.7 Å². The van der Waals surface area contributed by atoms with Crippen molar-refractivity contribution >= 4 is 0 Å². The Morgan fingerprint density at radius 2 is 1.72 bits per heavy atom. The molecule has 0 unspecified atom stereocenters. The van der Waals surface area contributed by atoms with Gasteiger partial charge in [-0.05, 0) is 36.8 Å². The number of hydrogen-bond acceptors (Lipinski definition) is 6. The smallest absolute Gasteiger partial charge is 0.240 e. The highest BCUT2D eigenvalue weighted by molar-refractivity contribution is 5.22. The maximum absolute atomic E-state index is 12.9. The minimum absolute atomic E-state index is 0.194. The zero-order chi connectivity index (χ0) is 20.1. The number of nitrogens with zero attached hydrogens (tertiary/aromatic N) is 4. The van der Waals surface area contributed by atoms with Gasteiger partial charge in [0.05, 0.1) is 6.54 Å². The van der Waals surface area contributed by atoms with Gasteiger partial charge in [-0.3, -0.25) is 9.80 Å². The molecule has 1 aliphatic heterocycles. The summed E-state index contributed by atoms with van der Waals surface area (Å²) in [6.45, 7) is 7.92. The number of aromatic nitrogens is 2. The van der Waals surface area contributed by atoms with E-state index in [0.717, 1.165) is 32.7 Å². The van der Waals surface area contributed by atoms with Gasteiger partial charge < -0.3 is 9.26 Å². The molecule has 1 fully saturated rings. The third-order valence-electron chi connectivity index (χ3n) is 5.00. The number of hydrogen-bond donors (Lipinski definition) is 0. The quantitative estimate of drug-likeness (QED) is 0.610. The van der Waals surface area contributed by atoms with Crippen molar-refractivity contribution in [1.29, 1.82) is 0 Å². The first-order chi connectivity index (χ1) is 14.1. The highest BCUT2D eigenvalue weighted by Crippen LogP contribution is 2.14. The van der Waals surface area contributed by atoms with Gasteiger partial charge in [-0.25, -0.2) is 4.39 Å². The van der Waals surface area contributed by atoms with Gasteiger partial charge in [0.2, 0.25) is 11.7 Å². The van der Waals surface area contributed by atoms with Gasteiger partial charge in [-0.1, -0.05) is 35.0 Å². The van der Waals surface area contributed by atoms with Crippen LogP contribution >= 0.6 is 0 Å². The Morgan fingerprint density at radius 3 is 2.45 bits per heavy atom. The summed E-state index contributed by atoms with van der Waals surface area (Å²) in [5.74, 6) is 1.36. The highest BCUT2D eigenvalue weighted by atomic mass is 19.1. The topological polar surface area (TPSA) is 54.6 Å². The molecule has 0 amide bonds. The molecule has 0 atom stereocenters. The number of halogens is 1. The molecule has 0 bridgehead atoms. The van der Waals surface area contributed by atoms with E-state index in [2.05, 4.69) is 51.1 Å². The van der Waals surface area contributed by atoms with E-state index in [0.29, 0.717) is 24.0 Å². The van der Waals surface area contributed by atoms with Crippen LogP contribution in [0.4, 0.5) is 4.39 Å². The molecule has 4 rings (SSSR count). The van der Waals surface area contributed by atoms with Crippen LogP contribution in [0, 0.1) is 12.7 Å². The van der Waals surface area contributed by atoms with Crippen LogP contribution in [0.1, 0.15) is 22.8 Å². The van der Waals surface area contributed by atoms with Crippen molar-refractivity contribution in [3.05, 3.63) is 77.2 Å². The Kier molecular flexibility index (Phi) is 6.17. The molecule has 2 heterocycles. The summed E-state index contributed by atoms with van der Waals surface area (Å²) in [6.07, 6.45) is 0. The molecule has 0 N–H and O–H groups in total. The average Bonchev–Trinajstić information content (AvgIpc) is 3.16. The molecule has 3 aromatic rings. The van der Waals surface area contributed by atoms with E-state index in [1.165, 1.54) is 23.3 Å². The minimum Gasteiger partial charge on any atom is -0.485 e. The second-order valence-electron chi connectivity index (χ2n) is 7.39. The number of ether oxygens (including phenoxy) is 1. The average molecular weight is 396 g/mol. The molecule has 6 nitrogen and oxygen atoms in total. The predicted molar refractivity (Wildman–Crippen MR) is 107 cm³/mol. The molecule has 152 valence electrons. The van der Waals surface area contributed by atoms with Crippen LogP contribution in [0.25, 0.3) is 0 Å². The molecule has 0 aliphatic carbocycles. The Balaban J connectivity index is 1.22. The fourth-order valence-electron chi connectivity index (χ4n) is 3.46. The minimum atomic E-state index is -0.293. The predicted octanol–water partition coefficient (Wildman–Crippen LogP) is 3.41. The lowest BCUT2D eigenvalue weighted by atomic mass is 10.1. The monoisotopic (exact) mass is 396 g/mol. The fraction of sp³-hybridized carbons (Fsp3) is 0.364. The third-order valence-corrected chi connectivity index (χ3v) is 5.00. The standard InChI is InChI=1S/C22H25FN4O2/c1-17-3-2-4-18(13-17)14-26-9-11-27(12-10-26)15-22-24-21(25-29-22)16-28-20-7-5-19(23)6-8-20/h2-8,13H,9-12,14-16H2,1H3. The summed E-state index contributed by atoms with van der Waals surface area (Å²) < 4.78 is 23.8. The molecule has 2 aromatic carbocycles. The third kappa shape index (κ3) is 5.62. The Labute approximate surface area is 169 Å². The number of benzene rings is 2. The van der Waals surface area contributed by atoms with Gasteiger partial charge in [0.25, 0.3) is 0 Å². The largest absolute Gasteiger partial charge is 0.485 e. The summed E-state index contributed by atoms with van der Waals surface area (Å²) in [4.78, 5) is 9.20. The van der Waals surface area contributed by atoms with Gasteiger partial charge in [0.15, 0.2) is 6.61 Å². The highest BCUT2D eigenvalue weighted by Gasteiger charge is 2.19. The van der Waals surface area contributed by atoms with E-state index >= 15 is 0 Å². The summed E-state index contributed by atoms with van der Waals surface area (Å²) in [5, 5.41) is 3.97. The second-order valence-corrected chi connectivity index (χ2v) is 7.39. The van der Waals surface area contributed by atoms with Crippen LogP contribution in [-0.4, -0.2) is 46.1 Å². The molecule has 1 aromatic heterocycles. The first kappa shape index (κ1) is 19.5. The van der Waals surface area contributed by atoms with Crippen molar-refractivity contribution < 1.29 is 13.7 Å². The summed E-state index contributed by atoms with van der Waals surface area (Å²) in [7, 11) is 0. The van der Waals surface area contributed by atoms with Gasteiger partial charge in [-0.15, -0.1) is 0 Å². The summed E-state index contributed by atoms with van der Waals surface area (Å²) >= 11 is 0. The number of rotatable bonds is 7. The lowest BCUT2D eigenvalue weighted by Gasteiger charge is -2.33. The van der Waals surface area contributed by atoms with Crippen LogP contribution < -0.4 is 4.74 Å². The van der Waals surface area contributed by atoms with Crippen LogP contribution in [0.3, 0.4) is 0 Å². The maximum Gasteiger partial charge on any atom is 0.240 e. The van der Waals surface area contributed by atoms with Crippen LogP contribution in [0.2, 0.25) is 0 Å². The van der Waals surface area contributed by atoms with E-state index in [1.807, 2.05) is 0 Å². The van der Waals surface area contributed by atoms with E-state index in [1.54, 1.807) is 12.1 Å². The molecule has 0 saturated carbocycles. The molecule has 1 saturated heterocycles. The molecule has 1 aliphatic rings. The van der Waals surface area contributed by atoms with E-state index < -0.39 is 0 Å². The fourth-order valence-corrected chi connectivity index (χ4v) is 3.46. The van der Waals surface area contributed by atoms with Crippen molar-refractivity contribution in [2.45, 2.75) is 26.6 Å². The van der Waals surface area contributed by atoms with E-state index in [4.69, 9.17) is 9.26 Å². The molecular formula is C22H25FN4O2. The van der Waals surface area contributed by atoms with Crippen molar-refractivity contribution in [3.8, 4) is 5.75 Å². The molecule has 7 heteroatoms. The van der Waals surface area contributed by atoms with Crippen molar-refractivity contribution in [1.82, 2.24) is 19.9 Å². The van der Waals surface area contributed by atoms with Crippen molar-refractivity contribution in [3.63, 3.8) is 0 Å².